The van der Waals surface area contributed by atoms with Crippen LogP contribution < -0.4 is 5.32 Å². The van der Waals surface area contributed by atoms with Crippen molar-refractivity contribution in [2.45, 2.75) is 39.2 Å². The number of nitrogens with zero attached hydrogens (tertiary/aromatic N) is 1. The van der Waals surface area contributed by atoms with E-state index in [-0.39, 0.29) is 11.9 Å². The molecule has 1 aliphatic heterocycles. The summed E-state index contributed by atoms with van der Waals surface area (Å²) in [6.45, 7) is 4.07. The molecule has 1 N–H and O–H groups in total. The molecule has 2 rings (SSSR count). The van der Waals surface area contributed by atoms with E-state index >= 15 is 0 Å². The Labute approximate surface area is 78.6 Å². The molecule has 0 aromatic rings. The summed E-state index contributed by atoms with van der Waals surface area (Å²) in [6.07, 6.45) is 3.59. The molecule has 3 nitrogen and oxygen atoms in total. The van der Waals surface area contributed by atoms with Crippen LogP contribution >= 0.6 is 0 Å². The van der Waals surface area contributed by atoms with Gasteiger partial charge in [-0.2, -0.15) is 0 Å². The number of hydrogen-bond donors (Lipinski definition) is 1. The molecule has 1 saturated carbocycles. The average molecular weight is 180 g/mol. The third kappa shape index (κ3) is 1.90. The molecule has 2 aliphatic rings. The van der Waals surface area contributed by atoms with Crippen molar-refractivity contribution >= 4 is 11.7 Å². The predicted octanol–water partition coefficient (Wildman–Crippen LogP) is 1.34. The quantitative estimate of drug-likeness (QED) is 0.699. The predicted molar refractivity (Wildman–Crippen MR) is 51.5 cm³/mol. The topological polar surface area (TPSA) is 41.5 Å². The highest BCUT2D eigenvalue weighted by atomic mass is 16.2. The van der Waals surface area contributed by atoms with Crippen molar-refractivity contribution in [1.82, 2.24) is 5.32 Å². The maximum absolute atomic E-state index is 11.4. The summed E-state index contributed by atoms with van der Waals surface area (Å²) < 4.78 is 0. The van der Waals surface area contributed by atoms with Crippen molar-refractivity contribution in [1.29, 1.82) is 0 Å². The fourth-order valence-corrected chi connectivity index (χ4v) is 1.63. The van der Waals surface area contributed by atoms with Gasteiger partial charge in [0.15, 0.2) is 0 Å². The second-order valence-electron chi connectivity index (χ2n) is 4.40. The Morgan fingerprint density at radius 2 is 2.23 bits per heavy atom. The third-order valence-electron chi connectivity index (χ3n) is 2.64. The number of aliphatic imine (C=N–C) groups is 1. The van der Waals surface area contributed by atoms with Crippen LogP contribution in [0, 0.1) is 11.8 Å². The Kier molecular flexibility index (Phi) is 2.10. The molecular formula is C10H16N2O. The normalized spacial score (nSPS) is 27.8. The van der Waals surface area contributed by atoms with E-state index in [1.54, 1.807) is 0 Å². The second-order valence-corrected chi connectivity index (χ2v) is 4.40. The number of carbonyl (C=O) groups is 1. The van der Waals surface area contributed by atoms with E-state index in [1.807, 2.05) is 13.8 Å². The van der Waals surface area contributed by atoms with Crippen LogP contribution in [0.15, 0.2) is 4.99 Å². The number of nitrogens with one attached hydrogen (secondary N) is 1. The van der Waals surface area contributed by atoms with Crippen LogP contribution in [0.25, 0.3) is 0 Å². The molecule has 1 atom stereocenters. The third-order valence-corrected chi connectivity index (χ3v) is 2.64. The molecule has 0 saturated heterocycles. The van der Waals surface area contributed by atoms with E-state index in [4.69, 9.17) is 0 Å². The Balaban J connectivity index is 1.97. The van der Waals surface area contributed by atoms with E-state index < -0.39 is 0 Å². The summed E-state index contributed by atoms with van der Waals surface area (Å²) in [5, 5.41) is 2.87. The number of carbonyl (C=O) groups excluding carboxylic acids is 1. The van der Waals surface area contributed by atoms with Crippen molar-refractivity contribution in [2.75, 3.05) is 0 Å². The standard InChI is InChI=1S/C10H16N2O/c1-6(2)9-10(13)12-8(11-9)5-7-3-4-7/h6-7,9H,3-5H2,1-2H3,(H,11,12,13). The van der Waals surface area contributed by atoms with E-state index in [2.05, 4.69) is 10.3 Å². The van der Waals surface area contributed by atoms with Gasteiger partial charge < -0.3 is 5.32 Å². The van der Waals surface area contributed by atoms with Gasteiger partial charge in [-0.05, 0) is 24.7 Å². The molecule has 1 heterocycles. The van der Waals surface area contributed by atoms with Crippen LogP contribution in [-0.2, 0) is 4.79 Å². The lowest BCUT2D eigenvalue weighted by Crippen LogP contribution is -2.31. The smallest absolute Gasteiger partial charge is 0.250 e. The minimum atomic E-state index is -0.131. The molecule has 1 aliphatic carbocycles. The number of amides is 1. The van der Waals surface area contributed by atoms with Gasteiger partial charge in [0.2, 0.25) is 5.91 Å². The summed E-state index contributed by atoms with van der Waals surface area (Å²) in [5.41, 5.74) is 0. The summed E-state index contributed by atoms with van der Waals surface area (Å²) in [7, 11) is 0. The van der Waals surface area contributed by atoms with E-state index in [9.17, 15) is 4.79 Å². The summed E-state index contributed by atoms with van der Waals surface area (Å²) >= 11 is 0. The number of rotatable bonds is 3. The van der Waals surface area contributed by atoms with Crippen molar-refractivity contribution in [3.63, 3.8) is 0 Å². The molecule has 72 valence electrons. The van der Waals surface area contributed by atoms with Crippen LogP contribution in [0.4, 0.5) is 0 Å². The molecule has 13 heavy (non-hydrogen) atoms. The highest BCUT2D eigenvalue weighted by Gasteiger charge is 2.32. The van der Waals surface area contributed by atoms with Crippen molar-refractivity contribution in [3.05, 3.63) is 0 Å². The summed E-state index contributed by atoms with van der Waals surface area (Å²) in [5.74, 6) is 2.12. The van der Waals surface area contributed by atoms with Gasteiger partial charge in [-0.15, -0.1) is 0 Å². The molecule has 0 spiro atoms. The molecule has 0 aromatic heterocycles. The van der Waals surface area contributed by atoms with E-state index in [1.165, 1.54) is 12.8 Å². The first-order chi connectivity index (χ1) is 6.16. The van der Waals surface area contributed by atoms with Crippen molar-refractivity contribution in [2.24, 2.45) is 16.8 Å². The number of amidine groups is 1. The first kappa shape index (κ1) is 8.73. The average Bonchev–Trinajstić information content (AvgIpc) is 2.75. The fourth-order valence-electron chi connectivity index (χ4n) is 1.63. The zero-order valence-electron chi connectivity index (χ0n) is 8.21. The zero-order valence-corrected chi connectivity index (χ0v) is 8.21. The van der Waals surface area contributed by atoms with E-state index in [0.29, 0.717) is 5.92 Å². The minimum absolute atomic E-state index is 0.0886. The van der Waals surface area contributed by atoms with Gasteiger partial charge in [0.25, 0.3) is 0 Å². The Morgan fingerprint density at radius 3 is 2.69 bits per heavy atom. The monoisotopic (exact) mass is 180 g/mol. The first-order valence-corrected chi connectivity index (χ1v) is 5.04. The summed E-state index contributed by atoms with van der Waals surface area (Å²) in [4.78, 5) is 15.8. The second kappa shape index (κ2) is 3.13. The molecule has 3 heteroatoms. The molecule has 0 aromatic carbocycles. The Hall–Kier alpha value is -0.860. The van der Waals surface area contributed by atoms with Crippen LogP contribution in [0.1, 0.15) is 33.1 Å². The minimum Gasteiger partial charge on any atom is -0.313 e. The van der Waals surface area contributed by atoms with E-state index in [0.717, 1.165) is 18.2 Å². The van der Waals surface area contributed by atoms with Gasteiger partial charge in [-0.1, -0.05) is 13.8 Å². The maximum Gasteiger partial charge on any atom is 0.250 e. The zero-order chi connectivity index (χ0) is 9.42. The highest BCUT2D eigenvalue weighted by Crippen LogP contribution is 2.33. The molecule has 0 radical (unpaired) electrons. The van der Waals surface area contributed by atoms with Crippen molar-refractivity contribution < 1.29 is 4.79 Å². The Bertz CT molecular complexity index is 254. The Morgan fingerprint density at radius 1 is 1.54 bits per heavy atom. The number of hydrogen-bond acceptors (Lipinski definition) is 2. The van der Waals surface area contributed by atoms with Gasteiger partial charge >= 0.3 is 0 Å². The molecule has 1 fully saturated rings. The molecule has 1 amide bonds. The van der Waals surface area contributed by atoms with Crippen LogP contribution in [0.2, 0.25) is 0 Å². The van der Waals surface area contributed by atoms with Crippen molar-refractivity contribution in [3.8, 4) is 0 Å². The van der Waals surface area contributed by atoms with Gasteiger partial charge in [0.05, 0.1) is 0 Å². The first-order valence-electron chi connectivity index (χ1n) is 5.04. The van der Waals surface area contributed by atoms with Gasteiger partial charge in [0.1, 0.15) is 11.9 Å². The largest absolute Gasteiger partial charge is 0.313 e. The fraction of sp³-hybridized carbons (Fsp3) is 0.800. The van der Waals surface area contributed by atoms with Gasteiger partial charge in [0, 0.05) is 6.42 Å². The molecule has 0 bridgehead atoms. The SMILES string of the molecule is CC(C)C1N=C(CC2CC2)NC1=O. The van der Waals surface area contributed by atoms with Gasteiger partial charge in [-0.25, -0.2) is 0 Å². The molecular weight excluding hydrogens is 164 g/mol. The molecule has 1 unspecified atom stereocenters. The lowest BCUT2D eigenvalue weighted by atomic mass is 10.1. The van der Waals surface area contributed by atoms with Gasteiger partial charge in [-0.3, -0.25) is 9.79 Å². The lowest BCUT2D eigenvalue weighted by molar-refractivity contribution is -0.120. The summed E-state index contributed by atoms with van der Waals surface area (Å²) in [6, 6.07) is -0.131. The highest BCUT2D eigenvalue weighted by molar-refractivity contribution is 6.06. The van der Waals surface area contributed by atoms with Crippen LogP contribution in [-0.4, -0.2) is 17.8 Å². The van der Waals surface area contributed by atoms with Crippen LogP contribution in [0.5, 0.6) is 0 Å². The lowest BCUT2D eigenvalue weighted by Gasteiger charge is -2.06. The maximum atomic E-state index is 11.4. The van der Waals surface area contributed by atoms with Crippen LogP contribution in [0.3, 0.4) is 0 Å².